The van der Waals surface area contributed by atoms with E-state index >= 15 is 0 Å². The Morgan fingerprint density at radius 3 is 2.29 bits per heavy atom. The van der Waals surface area contributed by atoms with Crippen LogP contribution < -0.4 is 0 Å². The Kier molecular flexibility index (Phi) is 9.73. The predicted octanol–water partition coefficient (Wildman–Crippen LogP) is 5.90. The predicted molar refractivity (Wildman–Crippen MR) is 95.4 cm³/mol. The zero-order valence-corrected chi connectivity index (χ0v) is 14.3. The van der Waals surface area contributed by atoms with Crippen LogP contribution in [0.4, 0.5) is 0 Å². The average Bonchev–Trinajstić information content (AvgIpc) is 2.38. The zero-order valence-electron chi connectivity index (χ0n) is 14.3. The first-order chi connectivity index (χ1) is 9.76. The highest BCUT2D eigenvalue weighted by Gasteiger charge is 2.13. The molecular formula is C20H32O. The van der Waals surface area contributed by atoms with Crippen LogP contribution in [-0.2, 0) is 0 Å². The Balaban J connectivity index is 4.04. The Morgan fingerprint density at radius 2 is 1.71 bits per heavy atom. The largest absolute Gasteiger partial charge is 0.386 e. The summed E-state index contributed by atoms with van der Waals surface area (Å²) in [5.41, 5.74) is 3.13. The highest BCUT2D eigenvalue weighted by molar-refractivity contribution is 5.15. The van der Waals surface area contributed by atoms with Gasteiger partial charge in [0.1, 0.15) is 0 Å². The van der Waals surface area contributed by atoms with Gasteiger partial charge in [0.25, 0.3) is 0 Å². The summed E-state index contributed by atoms with van der Waals surface area (Å²) in [6.07, 6.45) is 15.1. The van der Waals surface area contributed by atoms with E-state index in [1.165, 1.54) is 11.1 Å². The lowest BCUT2D eigenvalue weighted by atomic mass is 9.99. The van der Waals surface area contributed by atoms with E-state index in [4.69, 9.17) is 0 Å². The molecule has 0 rings (SSSR count). The fourth-order valence-electron chi connectivity index (χ4n) is 1.89. The van der Waals surface area contributed by atoms with Gasteiger partial charge in [0.05, 0.1) is 5.60 Å². The quantitative estimate of drug-likeness (QED) is 0.392. The van der Waals surface area contributed by atoms with Gasteiger partial charge in [0.2, 0.25) is 0 Å². The molecule has 21 heavy (non-hydrogen) atoms. The van der Waals surface area contributed by atoms with Gasteiger partial charge in [-0.05, 0) is 59.8 Å². The molecule has 0 aromatic rings. The number of hydrogen-bond acceptors (Lipinski definition) is 1. The van der Waals surface area contributed by atoms with Gasteiger partial charge in [0.15, 0.2) is 0 Å². The minimum Gasteiger partial charge on any atom is -0.386 e. The molecule has 0 aliphatic rings. The van der Waals surface area contributed by atoms with Crippen LogP contribution in [0.15, 0.2) is 60.3 Å². The standard InChI is InChI=1S/C20H32O/c1-7-20(6,21)16-10-15-19(5)14-9-13-18(4)12-8-11-17(2)3/h7-8,11,13,15,21H,1-2,9-10,12,14,16H2,3-6H3. The van der Waals surface area contributed by atoms with Gasteiger partial charge in [-0.2, -0.15) is 0 Å². The van der Waals surface area contributed by atoms with Crippen LogP contribution in [0.1, 0.15) is 59.8 Å². The minimum atomic E-state index is -0.747. The van der Waals surface area contributed by atoms with Crippen LogP contribution in [-0.4, -0.2) is 10.7 Å². The Bertz CT molecular complexity index is 419. The summed E-state index contributed by atoms with van der Waals surface area (Å²) >= 11 is 0. The molecule has 0 amide bonds. The maximum atomic E-state index is 9.84. The second-order valence-electron chi connectivity index (χ2n) is 6.19. The molecule has 0 saturated carbocycles. The number of hydrogen-bond donors (Lipinski definition) is 1. The van der Waals surface area contributed by atoms with Gasteiger partial charge < -0.3 is 5.11 Å². The van der Waals surface area contributed by atoms with Gasteiger partial charge >= 0.3 is 0 Å². The molecule has 0 heterocycles. The van der Waals surface area contributed by atoms with Crippen molar-refractivity contribution >= 4 is 0 Å². The molecule has 0 bridgehead atoms. The van der Waals surface area contributed by atoms with Crippen molar-refractivity contribution in [2.75, 3.05) is 0 Å². The fourth-order valence-corrected chi connectivity index (χ4v) is 1.89. The summed E-state index contributed by atoms with van der Waals surface area (Å²) in [6, 6.07) is 0. The molecule has 1 atom stereocenters. The maximum absolute atomic E-state index is 9.84. The van der Waals surface area contributed by atoms with Crippen LogP contribution >= 0.6 is 0 Å². The second-order valence-corrected chi connectivity index (χ2v) is 6.19. The van der Waals surface area contributed by atoms with Crippen molar-refractivity contribution in [1.82, 2.24) is 0 Å². The molecular weight excluding hydrogens is 256 g/mol. The molecule has 0 saturated heterocycles. The normalized spacial score (nSPS) is 16.0. The Labute approximate surface area is 131 Å². The van der Waals surface area contributed by atoms with E-state index in [1.54, 1.807) is 13.0 Å². The van der Waals surface area contributed by atoms with E-state index < -0.39 is 5.60 Å². The van der Waals surface area contributed by atoms with Crippen LogP contribution in [0.25, 0.3) is 0 Å². The number of aliphatic hydroxyl groups is 1. The molecule has 0 spiro atoms. The summed E-state index contributed by atoms with van der Waals surface area (Å²) in [5, 5.41) is 9.84. The highest BCUT2D eigenvalue weighted by atomic mass is 16.3. The van der Waals surface area contributed by atoms with Crippen LogP contribution in [0, 0.1) is 0 Å². The third kappa shape index (κ3) is 12.1. The van der Waals surface area contributed by atoms with Gasteiger partial charge in [-0.25, -0.2) is 0 Å². The SMILES string of the molecule is C=CC(C)(O)CCC=C(C)CCC=C(C)CC=CC(=C)C. The van der Waals surface area contributed by atoms with Gasteiger partial charge in [-0.15, -0.1) is 6.58 Å². The van der Waals surface area contributed by atoms with Crippen molar-refractivity contribution in [1.29, 1.82) is 0 Å². The first kappa shape index (κ1) is 19.7. The minimum absolute atomic E-state index is 0.731. The van der Waals surface area contributed by atoms with Crippen molar-refractivity contribution in [3.63, 3.8) is 0 Å². The molecule has 0 aliphatic heterocycles. The van der Waals surface area contributed by atoms with Gasteiger partial charge in [-0.1, -0.05) is 53.7 Å². The van der Waals surface area contributed by atoms with Crippen LogP contribution in [0.2, 0.25) is 0 Å². The van der Waals surface area contributed by atoms with E-state index in [2.05, 4.69) is 51.3 Å². The van der Waals surface area contributed by atoms with Gasteiger partial charge in [-0.3, -0.25) is 0 Å². The summed E-state index contributed by atoms with van der Waals surface area (Å²) in [4.78, 5) is 0. The van der Waals surface area contributed by atoms with E-state index in [9.17, 15) is 5.11 Å². The summed E-state index contributed by atoms with van der Waals surface area (Å²) in [5.74, 6) is 0. The number of allylic oxidation sites excluding steroid dienone is 7. The molecule has 0 aliphatic carbocycles. The van der Waals surface area contributed by atoms with E-state index in [-0.39, 0.29) is 0 Å². The molecule has 0 radical (unpaired) electrons. The maximum Gasteiger partial charge on any atom is 0.0800 e. The smallest absolute Gasteiger partial charge is 0.0800 e. The summed E-state index contributed by atoms with van der Waals surface area (Å²) in [7, 11) is 0. The van der Waals surface area contributed by atoms with Crippen molar-refractivity contribution < 1.29 is 5.11 Å². The number of rotatable bonds is 10. The highest BCUT2D eigenvalue weighted by Crippen LogP contribution is 2.16. The third-order valence-corrected chi connectivity index (χ3v) is 3.46. The molecule has 0 aromatic carbocycles. The molecule has 0 aromatic heterocycles. The molecule has 118 valence electrons. The Morgan fingerprint density at radius 1 is 1.10 bits per heavy atom. The van der Waals surface area contributed by atoms with Crippen molar-refractivity contribution in [3.05, 3.63) is 60.3 Å². The Hall–Kier alpha value is -1.34. The second kappa shape index (κ2) is 10.4. The third-order valence-electron chi connectivity index (χ3n) is 3.46. The lowest BCUT2D eigenvalue weighted by Gasteiger charge is -2.16. The molecule has 0 fully saturated rings. The first-order valence-corrected chi connectivity index (χ1v) is 7.76. The fraction of sp³-hybridized carbons (Fsp3) is 0.500. The summed E-state index contributed by atoms with van der Waals surface area (Å²) < 4.78 is 0. The molecule has 1 N–H and O–H groups in total. The van der Waals surface area contributed by atoms with Crippen molar-refractivity contribution in [2.24, 2.45) is 0 Å². The molecule has 1 nitrogen and oxygen atoms in total. The van der Waals surface area contributed by atoms with Gasteiger partial charge in [0, 0.05) is 0 Å². The lowest BCUT2D eigenvalue weighted by Crippen LogP contribution is -2.19. The zero-order chi connectivity index (χ0) is 16.3. The van der Waals surface area contributed by atoms with Crippen LogP contribution in [0.5, 0.6) is 0 Å². The monoisotopic (exact) mass is 288 g/mol. The summed E-state index contributed by atoms with van der Waals surface area (Å²) in [6.45, 7) is 15.6. The lowest BCUT2D eigenvalue weighted by molar-refractivity contribution is 0.103. The first-order valence-electron chi connectivity index (χ1n) is 7.76. The van der Waals surface area contributed by atoms with E-state index in [0.29, 0.717) is 0 Å². The van der Waals surface area contributed by atoms with Crippen molar-refractivity contribution in [2.45, 2.75) is 65.4 Å². The molecule has 1 unspecified atom stereocenters. The van der Waals surface area contributed by atoms with Crippen molar-refractivity contribution in [3.8, 4) is 0 Å². The molecule has 1 heteroatoms. The van der Waals surface area contributed by atoms with E-state index in [0.717, 1.165) is 37.7 Å². The topological polar surface area (TPSA) is 20.2 Å². The van der Waals surface area contributed by atoms with E-state index in [1.807, 2.05) is 6.92 Å². The average molecular weight is 288 g/mol. The van der Waals surface area contributed by atoms with Crippen LogP contribution in [0.3, 0.4) is 0 Å².